The van der Waals surface area contributed by atoms with E-state index in [0.29, 0.717) is 5.56 Å². The summed E-state index contributed by atoms with van der Waals surface area (Å²) in [6.07, 6.45) is 0.516. The molecule has 0 fully saturated rings. The van der Waals surface area contributed by atoms with Crippen molar-refractivity contribution in [3.63, 3.8) is 0 Å². The molecule has 2 atom stereocenters. The number of halogens is 3. The number of carbonyl (C=O) groups is 1. The number of aliphatic hydroxyl groups excluding tert-OH is 1. The summed E-state index contributed by atoms with van der Waals surface area (Å²) >= 11 is 5.60. The summed E-state index contributed by atoms with van der Waals surface area (Å²) in [6.45, 7) is -0.0310. The molecular weight excluding hydrogens is 338 g/mol. The first-order valence-corrected chi connectivity index (χ1v) is 7.84. The molecule has 0 saturated carbocycles. The zero-order chi connectivity index (χ0) is 17.3. The molecule has 0 spiro atoms. The van der Waals surface area contributed by atoms with E-state index in [4.69, 9.17) is 11.6 Å². The molecule has 2 unspecified atom stereocenters. The average molecular weight is 353 g/mol. The van der Waals surface area contributed by atoms with E-state index >= 15 is 4.39 Å². The van der Waals surface area contributed by atoms with Crippen LogP contribution in [-0.2, 0) is 17.0 Å². The fourth-order valence-electron chi connectivity index (χ4n) is 2.83. The molecule has 1 aromatic carbocycles. The van der Waals surface area contributed by atoms with Gasteiger partial charge in [0.15, 0.2) is 0 Å². The van der Waals surface area contributed by atoms with Crippen molar-refractivity contribution in [2.24, 2.45) is 0 Å². The number of fused-ring (bicyclic) bond motifs is 1. The monoisotopic (exact) mass is 352 g/mol. The maximum atomic E-state index is 15.3. The van der Waals surface area contributed by atoms with Crippen molar-refractivity contribution >= 4 is 17.5 Å². The van der Waals surface area contributed by atoms with E-state index < -0.39 is 23.5 Å². The lowest BCUT2D eigenvalue weighted by Crippen LogP contribution is -2.44. The molecule has 1 heterocycles. The molecule has 126 valence electrons. The molecule has 2 N–H and O–H groups in total. The van der Waals surface area contributed by atoms with Crippen molar-refractivity contribution < 1.29 is 18.7 Å². The van der Waals surface area contributed by atoms with Crippen LogP contribution >= 0.6 is 11.6 Å². The quantitative estimate of drug-likeness (QED) is 0.891. The first-order valence-electron chi connectivity index (χ1n) is 7.46. The lowest BCUT2D eigenvalue weighted by molar-refractivity contribution is -0.135. The van der Waals surface area contributed by atoms with E-state index in [0.717, 1.165) is 0 Å². The SMILES string of the molecule is O=C(NCc1ccc(Cl)c(F)c1)C1(F)CCC(O)c2ncccc21. The molecule has 1 aliphatic rings. The second-order valence-corrected chi connectivity index (χ2v) is 6.13. The summed E-state index contributed by atoms with van der Waals surface area (Å²) in [5.41, 5.74) is -1.55. The number of nitrogens with one attached hydrogen (secondary N) is 1. The van der Waals surface area contributed by atoms with Crippen molar-refractivity contribution in [3.05, 3.63) is 64.2 Å². The molecule has 1 aliphatic carbocycles. The Balaban J connectivity index is 1.79. The molecule has 1 aromatic heterocycles. The topological polar surface area (TPSA) is 62.2 Å². The summed E-state index contributed by atoms with van der Waals surface area (Å²) in [4.78, 5) is 16.4. The van der Waals surface area contributed by atoms with Crippen LogP contribution in [0.15, 0.2) is 36.5 Å². The van der Waals surface area contributed by atoms with Crippen LogP contribution < -0.4 is 5.32 Å². The van der Waals surface area contributed by atoms with E-state index in [2.05, 4.69) is 10.3 Å². The van der Waals surface area contributed by atoms with Crippen LogP contribution in [0, 0.1) is 5.82 Å². The van der Waals surface area contributed by atoms with Gasteiger partial charge < -0.3 is 10.4 Å². The third kappa shape index (κ3) is 2.99. The fourth-order valence-corrected chi connectivity index (χ4v) is 2.95. The zero-order valence-electron chi connectivity index (χ0n) is 12.6. The summed E-state index contributed by atoms with van der Waals surface area (Å²) in [6, 6.07) is 7.09. The summed E-state index contributed by atoms with van der Waals surface area (Å²) in [5.74, 6) is -1.44. The number of pyridine rings is 1. The van der Waals surface area contributed by atoms with Crippen LogP contribution in [0.5, 0.6) is 0 Å². The standard InChI is InChI=1S/C17H15ClF2N2O2/c18-12-4-3-10(8-13(12)19)9-22-16(24)17(20)6-5-14(23)15-11(17)2-1-7-21-15/h1-4,7-8,14,23H,5-6,9H2,(H,22,24). The van der Waals surface area contributed by atoms with Gasteiger partial charge in [-0.3, -0.25) is 9.78 Å². The van der Waals surface area contributed by atoms with Crippen LogP contribution in [0.2, 0.25) is 5.02 Å². The fraction of sp³-hybridized carbons (Fsp3) is 0.294. The normalized spacial score (nSPS) is 22.8. The number of hydrogen-bond donors (Lipinski definition) is 2. The zero-order valence-corrected chi connectivity index (χ0v) is 13.4. The van der Waals surface area contributed by atoms with Crippen LogP contribution in [0.25, 0.3) is 0 Å². The van der Waals surface area contributed by atoms with Gasteiger partial charge in [-0.15, -0.1) is 0 Å². The van der Waals surface area contributed by atoms with Crippen LogP contribution in [0.1, 0.15) is 35.8 Å². The number of aliphatic hydroxyl groups is 1. The molecule has 0 bridgehead atoms. The minimum Gasteiger partial charge on any atom is -0.387 e. The first-order chi connectivity index (χ1) is 11.4. The molecule has 0 aliphatic heterocycles. The molecule has 2 aromatic rings. The maximum absolute atomic E-state index is 15.3. The molecule has 24 heavy (non-hydrogen) atoms. The predicted octanol–water partition coefficient (Wildman–Crippen LogP) is 3.18. The highest BCUT2D eigenvalue weighted by Crippen LogP contribution is 2.42. The number of benzene rings is 1. The van der Waals surface area contributed by atoms with Crippen LogP contribution in [0.4, 0.5) is 8.78 Å². The maximum Gasteiger partial charge on any atom is 0.262 e. The number of amides is 1. The molecule has 7 heteroatoms. The summed E-state index contributed by atoms with van der Waals surface area (Å²) < 4.78 is 28.7. The Kier molecular flexibility index (Phi) is 4.51. The van der Waals surface area contributed by atoms with Gasteiger partial charge in [0, 0.05) is 18.3 Å². The molecule has 4 nitrogen and oxygen atoms in total. The number of rotatable bonds is 3. The number of alkyl halides is 1. The van der Waals surface area contributed by atoms with E-state index in [9.17, 15) is 14.3 Å². The number of hydrogen-bond acceptors (Lipinski definition) is 3. The Hall–Kier alpha value is -2.05. The van der Waals surface area contributed by atoms with Crippen molar-refractivity contribution in [1.82, 2.24) is 10.3 Å². The highest BCUT2D eigenvalue weighted by atomic mass is 35.5. The lowest BCUT2D eigenvalue weighted by Gasteiger charge is -2.32. The second-order valence-electron chi connectivity index (χ2n) is 5.72. The average Bonchev–Trinajstić information content (AvgIpc) is 2.59. The molecule has 1 amide bonds. The van der Waals surface area contributed by atoms with Crippen LogP contribution in [0.3, 0.4) is 0 Å². The van der Waals surface area contributed by atoms with Gasteiger partial charge in [-0.1, -0.05) is 23.7 Å². The smallest absolute Gasteiger partial charge is 0.262 e. The van der Waals surface area contributed by atoms with Gasteiger partial charge in [0.2, 0.25) is 5.67 Å². The van der Waals surface area contributed by atoms with E-state index in [1.54, 1.807) is 6.07 Å². The Morgan fingerprint density at radius 1 is 1.46 bits per heavy atom. The Labute approximate surface area is 142 Å². The van der Waals surface area contributed by atoms with E-state index in [-0.39, 0.29) is 35.7 Å². The molecular formula is C17H15ClF2N2O2. The summed E-state index contributed by atoms with van der Waals surface area (Å²) in [7, 11) is 0. The van der Waals surface area contributed by atoms with Gasteiger partial charge in [-0.25, -0.2) is 8.78 Å². The first kappa shape index (κ1) is 16.8. The summed E-state index contributed by atoms with van der Waals surface area (Å²) in [5, 5.41) is 12.4. The van der Waals surface area contributed by atoms with E-state index in [1.807, 2.05) is 0 Å². The highest BCUT2D eigenvalue weighted by molar-refractivity contribution is 6.30. The minimum atomic E-state index is -2.27. The third-order valence-electron chi connectivity index (χ3n) is 4.14. The number of nitrogens with zero attached hydrogens (tertiary/aromatic N) is 1. The second kappa shape index (κ2) is 6.45. The van der Waals surface area contributed by atoms with Gasteiger partial charge in [-0.2, -0.15) is 0 Å². The molecule has 0 saturated heterocycles. The van der Waals surface area contributed by atoms with Crippen molar-refractivity contribution in [3.8, 4) is 0 Å². The van der Waals surface area contributed by atoms with Crippen molar-refractivity contribution in [2.45, 2.75) is 31.2 Å². The van der Waals surface area contributed by atoms with Gasteiger partial charge in [0.25, 0.3) is 5.91 Å². The van der Waals surface area contributed by atoms with Gasteiger partial charge in [-0.05, 0) is 36.6 Å². The highest BCUT2D eigenvalue weighted by Gasteiger charge is 2.46. The predicted molar refractivity (Wildman–Crippen MR) is 84.5 cm³/mol. The number of aromatic nitrogens is 1. The van der Waals surface area contributed by atoms with Gasteiger partial charge in [0.05, 0.1) is 16.8 Å². The Morgan fingerprint density at radius 2 is 2.25 bits per heavy atom. The van der Waals surface area contributed by atoms with Crippen LogP contribution in [-0.4, -0.2) is 16.0 Å². The Morgan fingerprint density at radius 3 is 3.00 bits per heavy atom. The largest absolute Gasteiger partial charge is 0.387 e. The van der Waals surface area contributed by atoms with Gasteiger partial charge >= 0.3 is 0 Å². The number of carbonyl (C=O) groups excluding carboxylic acids is 1. The lowest BCUT2D eigenvalue weighted by atomic mass is 9.81. The molecule has 0 radical (unpaired) electrons. The van der Waals surface area contributed by atoms with Crippen molar-refractivity contribution in [1.29, 1.82) is 0 Å². The van der Waals surface area contributed by atoms with Crippen molar-refractivity contribution in [2.75, 3.05) is 0 Å². The third-order valence-corrected chi connectivity index (χ3v) is 4.45. The minimum absolute atomic E-state index is 0.0201. The van der Waals surface area contributed by atoms with E-state index in [1.165, 1.54) is 30.5 Å². The van der Waals surface area contributed by atoms with Gasteiger partial charge in [0.1, 0.15) is 5.82 Å². The molecule has 3 rings (SSSR count). The Bertz CT molecular complexity index is 787.